The van der Waals surface area contributed by atoms with Crippen molar-refractivity contribution in [2.24, 2.45) is 0 Å². The molecule has 0 aliphatic rings. The minimum atomic E-state index is -0.313. The van der Waals surface area contributed by atoms with Crippen molar-refractivity contribution < 1.29 is 9.59 Å². The third kappa shape index (κ3) is 4.87. The van der Waals surface area contributed by atoms with Gasteiger partial charge in [0.15, 0.2) is 0 Å². The van der Waals surface area contributed by atoms with Crippen LogP contribution in [0.2, 0.25) is 0 Å². The summed E-state index contributed by atoms with van der Waals surface area (Å²) in [5, 5.41) is 5.45. The average Bonchev–Trinajstić information content (AvgIpc) is 2.58. The van der Waals surface area contributed by atoms with Gasteiger partial charge >= 0.3 is 0 Å². The monoisotopic (exact) mass is 326 g/mol. The molecule has 126 valence electrons. The van der Waals surface area contributed by atoms with Gasteiger partial charge in [0.2, 0.25) is 0 Å². The lowest BCUT2D eigenvalue weighted by atomic mass is 9.87. The summed E-state index contributed by atoms with van der Waals surface area (Å²) >= 11 is 0. The first-order valence-electron chi connectivity index (χ1n) is 7.81. The fourth-order valence-corrected chi connectivity index (χ4v) is 2.08. The molecular weight excluding hydrogens is 304 g/mol. The van der Waals surface area contributed by atoms with Crippen LogP contribution in [0, 0.1) is 0 Å². The van der Waals surface area contributed by atoms with Gasteiger partial charge in [-0.3, -0.25) is 14.6 Å². The summed E-state index contributed by atoms with van der Waals surface area (Å²) in [4.78, 5) is 31.6. The Morgan fingerprint density at radius 2 is 1.58 bits per heavy atom. The second-order valence-electron chi connectivity index (χ2n) is 6.43. The Bertz CT molecular complexity index is 691. The summed E-state index contributed by atoms with van der Waals surface area (Å²) < 4.78 is 0. The highest BCUT2D eigenvalue weighted by molar-refractivity contribution is 5.94. The number of nitrogens with zero attached hydrogens (tertiary/aromatic N) is 2. The molecule has 0 bridgehead atoms. The molecule has 1 heterocycles. The Morgan fingerprint density at radius 1 is 0.958 bits per heavy atom. The summed E-state index contributed by atoms with van der Waals surface area (Å²) in [6.07, 6.45) is 4.35. The van der Waals surface area contributed by atoms with Crippen molar-refractivity contribution in [1.82, 2.24) is 20.6 Å². The highest BCUT2D eigenvalue weighted by atomic mass is 16.2. The molecule has 24 heavy (non-hydrogen) atoms. The lowest BCUT2D eigenvalue weighted by Crippen LogP contribution is -2.35. The highest BCUT2D eigenvalue weighted by Gasteiger charge is 2.14. The van der Waals surface area contributed by atoms with Crippen LogP contribution in [0.4, 0.5) is 0 Å². The van der Waals surface area contributed by atoms with E-state index in [9.17, 15) is 9.59 Å². The molecule has 0 spiro atoms. The van der Waals surface area contributed by atoms with Gasteiger partial charge in [0.25, 0.3) is 11.8 Å². The second kappa shape index (κ2) is 7.68. The van der Waals surface area contributed by atoms with E-state index >= 15 is 0 Å². The van der Waals surface area contributed by atoms with Crippen molar-refractivity contribution in [2.75, 3.05) is 13.1 Å². The Hall–Kier alpha value is -2.76. The van der Waals surface area contributed by atoms with Gasteiger partial charge in [0.05, 0.1) is 6.20 Å². The Kier molecular flexibility index (Phi) is 5.63. The number of carbonyl (C=O) groups is 2. The highest BCUT2D eigenvalue weighted by Crippen LogP contribution is 2.22. The maximum Gasteiger partial charge on any atom is 0.271 e. The smallest absolute Gasteiger partial charge is 0.271 e. The molecule has 0 fully saturated rings. The third-order valence-electron chi connectivity index (χ3n) is 3.51. The zero-order chi connectivity index (χ0) is 17.6. The molecule has 0 saturated carbocycles. The van der Waals surface area contributed by atoms with Gasteiger partial charge < -0.3 is 10.6 Å². The van der Waals surface area contributed by atoms with E-state index < -0.39 is 0 Å². The van der Waals surface area contributed by atoms with Gasteiger partial charge in [-0.2, -0.15) is 0 Å². The number of hydrogen-bond acceptors (Lipinski definition) is 4. The van der Waals surface area contributed by atoms with Crippen LogP contribution in [0.15, 0.2) is 42.9 Å². The summed E-state index contributed by atoms with van der Waals surface area (Å²) in [6, 6.07) is 7.55. The number of hydrogen-bond donors (Lipinski definition) is 2. The minimum Gasteiger partial charge on any atom is -0.350 e. The first kappa shape index (κ1) is 17.6. The molecule has 2 amide bonds. The Balaban J connectivity index is 1.78. The van der Waals surface area contributed by atoms with Crippen LogP contribution in [0.3, 0.4) is 0 Å². The first-order chi connectivity index (χ1) is 11.4. The predicted octanol–water partition coefficient (Wildman–Crippen LogP) is 1.93. The summed E-state index contributed by atoms with van der Waals surface area (Å²) in [6.45, 7) is 7.04. The fourth-order valence-electron chi connectivity index (χ4n) is 2.08. The maximum atomic E-state index is 12.1. The number of aromatic nitrogens is 2. The second-order valence-corrected chi connectivity index (χ2v) is 6.43. The van der Waals surface area contributed by atoms with Crippen LogP contribution in [0.5, 0.6) is 0 Å². The normalized spacial score (nSPS) is 11.0. The van der Waals surface area contributed by atoms with E-state index in [4.69, 9.17) is 0 Å². The summed E-state index contributed by atoms with van der Waals surface area (Å²) in [7, 11) is 0. The van der Waals surface area contributed by atoms with Crippen molar-refractivity contribution in [2.45, 2.75) is 26.2 Å². The van der Waals surface area contributed by atoms with E-state index in [1.807, 2.05) is 24.3 Å². The van der Waals surface area contributed by atoms with Crippen molar-refractivity contribution in [3.05, 3.63) is 59.7 Å². The van der Waals surface area contributed by atoms with Crippen LogP contribution in [0.25, 0.3) is 0 Å². The third-order valence-corrected chi connectivity index (χ3v) is 3.51. The van der Waals surface area contributed by atoms with Crippen molar-refractivity contribution in [3.8, 4) is 0 Å². The van der Waals surface area contributed by atoms with Crippen LogP contribution >= 0.6 is 0 Å². The number of nitrogens with one attached hydrogen (secondary N) is 2. The van der Waals surface area contributed by atoms with E-state index in [0.717, 1.165) is 0 Å². The molecule has 0 aliphatic carbocycles. The molecule has 1 aromatic heterocycles. The minimum absolute atomic E-state index is 0.0552. The van der Waals surface area contributed by atoms with Gasteiger partial charge in [0.1, 0.15) is 5.69 Å². The molecule has 6 heteroatoms. The standard InChI is InChI=1S/C18H22N4O2/c1-18(2,3)14-6-4-13(5-7-14)16(23)21-10-11-22-17(24)15-12-19-8-9-20-15/h4-9,12H,10-11H2,1-3H3,(H,21,23)(H,22,24). The molecule has 0 aliphatic heterocycles. The van der Waals surface area contributed by atoms with Gasteiger partial charge in [-0.15, -0.1) is 0 Å². The van der Waals surface area contributed by atoms with Gasteiger partial charge in [-0.05, 0) is 23.1 Å². The lowest BCUT2D eigenvalue weighted by molar-refractivity contribution is 0.0925. The molecule has 6 nitrogen and oxygen atoms in total. The average molecular weight is 326 g/mol. The first-order valence-corrected chi connectivity index (χ1v) is 7.81. The molecule has 2 rings (SSSR count). The van der Waals surface area contributed by atoms with E-state index in [0.29, 0.717) is 18.7 Å². The molecule has 1 aromatic carbocycles. The summed E-state index contributed by atoms with van der Waals surface area (Å²) in [5.41, 5.74) is 2.08. The topological polar surface area (TPSA) is 84.0 Å². The molecule has 2 aromatic rings. The van der Waals surface area contributed by atoms with Crippen molar-refractivity contribution in [1.29, 1.82) is 0 Å². The molecule has 0 saturated heterocycles. The Morgan fingerprint density at radius 3 is 2.12 bits per heavy atom. The van der Waals surface area contributed by atoms with Gasteiger partial charge in [-0.25, -0.2) is 4.98 Å². The van der Waals surface area contributed by atoms with Gasteiger partial charge in [-0.1, -0.05) is 32.9 Å². The largest absolute Gasteiger partial charge is 0.350 e. The van der Waals surface area contributed by atoms with Crippen LogP contribution in [-0.4, -0.2) is 34.9 Å². The van der Waals surface area contributed by atoms with E-state index in [1.165, 1.54) is 24.2 Å². The maximum absolute atomic E-state index is 12.1. The predicted molar refractivity (Wildman–Crippen MR) is 91.8 cm³/mol. The SMILES string of the molecule is CC(C)(C)c1ccc(C(=O)NCCNC(=O)c2cnccn2)cc1. The van der Waals surface area contributed by atoms with Gasteiger partial charge in [0, 0.05) is 31.0 Å². The van der Waals surface area contributed by atoms with Crippen LogP contribution in [0.1, 0.15) is 47.2 Å². The lowest BCUT2D eigenvalue weighted by Gasteiger charge is -2.19. The van der Waals surface area contributed by atoms with Crippen molar-refractivity contribution >= 4 is 11.8 Å². The summed E-state index contributed by atoms with van der Waals surface area (Å²) in [5.74, 6) is -0.476. The van der Waals surface area contributed by atoms with E-state index in [2.05, 4.69) is 41.4 Å². The zero-order valence-corrected chi connectivity index (χ0v) is 14.2. The molecule has 0 atom stereocenters. The van der Waals surface area contributed by atoms with E-state index in [1.54, 1.807) is 0 Å². The van der Waals surface area contributed by atoms with Crippen molar-refractivity contribution in [3.63, 3.8) is 0 Å². The molecule has 0 unspecified atom stereocenters. The molecule has 0 radical (unpaired) electrons. The fraction of sp³-hybridized carbons (Fsp3) is 0.333. The quantitative estimate of drug-likeness (QED) is 0.822. The molecular formula is C18H22N4O2. The number of amides is 2. The number of benzene rings is 1. The number of rotatable bonds is 5. The zero-order valence-electron chi connectivity index (χ0n) is 14.2. The van der Waals surface area contributed by atoms with Crippen LogP contribution < -0.4 is 10.6 Å². The Labute approximate surface area is 141 Å². The van der Waals surface area contributed by atoms with Crippen LogP contribution in [-0.2, 0) is 5.41 Å². The number of carbonyl (C=O) groups excluding carboxylic acids is 2. The molecule has 2 N–H and O–H groups in total. The van der Waals surface area contributed by atoms with E-state index in [-0.39, 0.29) is 22.9 Å².